The van der Waals surface area contributed by atoms with Crippen LogP contribution in [0.25, 0.3) is 21.9 Å². The molecule has 3 heterocycles. The van der Waals surface area contributed by atoms with Gasteiger partial charge < -0.3 is 18.7 Å². The maximum Gasteiger partial charge on any atom is 0.344 e. The first-order valence-electron chi connectivity index (χ1n) is 9.91. The van der Waals surface area contributed by atoms with Gasteiger partial charge in [-0.1, -0.05) is 40.2 Å². The Hall–Kier alpha value is -3.36. The maximum atomic E-state index is 13.2. The highest BCUT2D eigenvalue weighted by atomic mass is 79.9. The minimum Gasteiger partial charge on any atom is -0.507 e. The van der Waals surface area contributed by atoms with E-state index in [1.165, 1.54) is 0 Å². The summed E-state index contributed by atoms with van der Waals surface area (Å²) in [5, 5.41) is 12.2. The summed E-state index contributed by atoms with van der Waals surface area (Å²) < 4.78 is 18.7. The highest BCUT2D eigenvalue weighted by molar-refractivity contribution is 9.11. The molecule has 8 heteroatoms. The molecule has 3 aromatic carbocycles. The van der Waals surface area contributed by atoms with Gasteiger partial charge in [0.25, 0.3) is 0 Å². The second-order valence-electron chi connectivity index (χ2n) is 7.62. The molecule has 0 radical (unpaired) electrons. The van der Waals surface area contributed by atoms with Crippen molar-refractivity contribution in [2.24, 2.45) is 0 Å². The lowest BCUT2D eigenvalue weighted by molar-refractivity contribution is 0.423. The number of halogens is 2. The number of hydrogen-bond donors (Lipinski definition) is 1. The molecule has 0 bridgehead atoms. The Bertz CT molecular complexity index is 1710. The number of hydrogen-bond acceptors (Lipinski definition) is 6. The number of benzene rings is 3. The summed E-state index contributed by atoms with van der Waals surface area (Å²) in [5.74, 6) is -0.540. The van der Waals surface area contributed by atoms with E-state index in [-0.39, 0.29) is 28.2 Å². The van der Waals surface area contributed by atoms with Gasteiger partial charge in [0.05, 0.1) is 32.3 Å². The molecule has 0 fully saturated rings. The van der Waals surface area contributed by atoms with Gasteiger partial charge in [0.1, 0.15) is 28.4 Å². The molecule has 1 N–H and O–H groups in total. The van der Waals surface area contributed by atoms with Crippen LogP contribution in [0.2, 0.25) is 0 Å². The molecule has 0 spiro atoms. The van der Waals surface area contributed by atoms with E-state index in [9.17, 15) is 14.7 Å². The summed E-state index contributed by atoms with van der Waals surface area (Å²) in [7, 11) is 0. The van der Waals surface area contributed by atoms with Crippen molar-refractivity contribution in [3.63, 3.8) is 0 Å². The topological polar surface area (TPSA) is 89.9 Å². The van der Waals surface area contributed by atoms with E-state index >= 15 is 0 Å². The number of ether oxygens (including phenoxy) is 1. The molecule has 162 valence electrons. The third-order valence-electron chi connectivity index (χ3n) is 5.75. The van der Waals surface area contributed by atoms with Crippen molar-refractivity contribution in [3.8, 4) is 17.2 Å². The van der Waals surface area contributed by atoms with Crippen molar-refractivity contribution in [2.75, 3.05) is 0 Å². The Labute approximate surface area is 202 Å². The third-order valence-corrected chi connectivity index (χ3v) is 6.80. The van der Waals surface area contributed by atoms with Crippen LogP contribution < -0.4 is 16.0 Å². The second kappa shape index (κ2) is 7.33. The highest BCUT2D eigenvalue weighted by Crippen LogP contribution is 2.52. The van der Waals surface area contributed by atoms with E-state index in [2.05, 4.69) is 31.9 Å². The molecular weight excluding hydrogens is 556 g/mol. The molecule has 2 aromatic heterocycles. The van der Waals surface area contributed by atoms with Gasteiger partial charge in [-0.3, -0.25) is 0 Å². The molecule has 0 saturated heterocycles. The maximum absolute atomic E-state index is 13.2. The second-order valence-corrected chi connectivity index (χ2v) is 9.39. The van der Waals surface area contributed by atoms with Crippen molar-refractivity contribution >= 4 is 53.8 Å². The van der Waals surface area contributed by atoms with Gasteiger partial charge >= 0.3 is 11.3 Å². The molecule has 1 unspecified atom stereocenters. The van der Waals surface area contributed by atoms with Gasteiger partial charge in [-0.15, -0.1) is 0 Å². The predicted octanol–water partition coefficient (Wildman–Crippen LogP) is 6.42. The average molecular weight is 568 g/mol. The predicted molar refractivity (Wildman–Crippen MR) is 129 cm³/mol. The number of rotatable bonds is 1. The fourth-order valence-corrected chi connectivity index (χ4v) is 5.70. The molecule has 1 atom stereocenters. The SMILES string of the molecule is O=c1oc2ccccc2c(O)c1C1c2cc(Br)cc(Br)c2Oc2c1c(=O)oc1ccccc21. The fraction of sp³-hybridized carbons (Fsp3) is 0.0400. The van der Waals surface area contributed by atoms with Crippen LogP contribution in [0.3, 0.4) is 0 Å². The van der Waals surface area contributed by atoms with E-state index in [0.29, 0.717) is 36.6 Å². The van der Waals surface area contributed by atoms with Crippen molar-refractivity contribution in [2.45, 2.75) is 5.92 Å². The zero-order valence-electron chi connectivity index (χ0n) is 16.6. The molecule has 33 heavy (non-hydrogen) atoms. The lowest BCUT2D eigenvalue weighted by atomic mass is 9.82. The molecule has 6 nitrogen and oxygen atoms in total. The summed E-state index contributed by atoms with van der Waals surface area (Å²) in [5.41, 5.74) is -0.259. The van der Waals surface area contributed by atoms with Gasteiger partial charge in [-0.25, -0.2) is 9.59 Å². The minimum atomic E-state index is -0.987. The van der Waals surface area contributed by atoms with Crippen LogP contribution in [0.4, 0.5) is 0 Å². The van der Waals surface area contributed by atoms with Gasteiger partial charge in [0.2, 0.25) is 0 Å². The monoisotopic (exact) mass is 566 g/mol. The fourth-order valence-electron chi connectivity index (χ4n) is 4.36. The Balaban J connectivity index is 1.80. The average Bonchev–Trinajstić information content (AvgIpc) is 2.79. The normalized spacial score (nSPS) is 14.7. The summed E-state index contributed by atoms with van der Waals surface area (Å²) >= 11 is 6.99. The molecule has 6 rings (SSSR count). The van der Waals surface area contributed by atoms with E-state index in [1.54, 1.807) is 60.7 Å². The number of fused-ring (bicyclic) bond motifs is 5. The molecule has 0 amide bonds. The summed E-state index contributed by atoms with van der Waals surface area (Å²) in [6.07, 6.45) is 0. The van der Waals surface area contributed by atoms with Crippen LogP contribution in [-0.2, 0) is 0 Å². The van der Waals surface area contributed by atoms with Crippen molar-refractivity contribution in [1.29, 1.82) is 0 Å². The van der Waals surface area contributed by atoms with Crippen LogP contribution in [0.5, 0.6) is 17.2 Å². The Morgan fingerprint density at radius 2 is 1.36 bits per heavy atom. The van der Waals surface area contributed by atoms with Gasteiger partial charge in [-0.05, 0) is 52.3 Å². The van der Waals surface area contributed by atoms with E-state index in [4.69, 9.17) is 13.6 Å². The van der Waals surface area contributed by atoms with E-state index in [0.717, 1.165) is 0 Å². The van der Waals surface area contributed by atoms with Crippen molar-refractivity contribution < 1.29 is 18.7 Å². The third kappa shape index (κ3) is 2.98. The van der Waals surface area contributed by atoms with Crippen LogP contribution in [0.1, 0.15) is 22.6 Å². The zero-order chi connectivity index (χ0) is 22.9. The largest absolute Gasteiger partial charge is 0.507 e. The Morgan fingerprint density at radius 1 is 0.758 bits per heavy atom. The lowest BCUT2D eigenvalue weighted by Crippen LogP contribution is -2.25. The van der Waals surface area contributed by atoms with Crippen LogP contribution in [0.15, 0.2) is 88.0 Å². The van der Waals surface area contributed by atoms with Crippen molar-refractivity contribution in [1.82, 2.24) is 0 Å². The lowest BCUT2D eigenvalue weighted by Gasteiger charge is -2.29. The summed E-state index contributed by atoms with van der Waals surface area (Å²) in [4.78, 5) is 26.4. The molecule has 1 aliphatic rings. The molecular formula is C25H12Br2O6. The van der Waals surface area contributed by atoms with Crippen LogP contribution in [-0.4, -0.2) is 5.11 Å². The zero-order valence-corrected chi connectivity index (χ0v) is 19.8. The number of aromatic hydroxyl groups is 1. The molecule has 1 aliphatic heterocycles. The summed E-state index contributed by atoms with van der Waals surface area (Å²) in [6, 6.07) is 17.2. The molecule has 5 aromatic rings. The van der Waals surface area contributed by atoms with Gasteiger partial charge in [-0.2, -0.15) is 0 Å². The van der Waals surface area contributed by atoms with Gasteiger partial charge in [0, 0.05) is 10.0 Å². The van der Waals surface area contributed by atoms with Crippen molar-refractivity contribution in [3.05, 3.63) is 107 Å². The Morgan fingerprint density at radius 3 is 2.09 bits per heavy atom. The molecule has 0 aliphatic carbocycles. The molecule has 0 saturated carbocycles. The summed E-state index contributed by atoms with van der Waals surface area (Å²) in [6.45, 7) is 0. The number of para-hydroxylation sites is 2. The van der Waals surface area contributed by atoms with E-state index < -0.39 is 17.2 Å². The van der Waals surface area contributed by atoms with Crippen LogP contribution >= 0.6 is 31.9 Å². The Kier molecular flexibility index (Phi) is 4.50. The minimum absolute atomic E-state index is 0.0629. The first-order chi connectivity index (χ1) is 15.9. The highest BCUT2D eigenvalue weighted by Gasteiger charge is 2.39. The van der Waals surface area contributed by atoms with Gasteiger partial charge in [0.15, 0.2) is 0 Å². The standard InChI is InChI=1S/C25H12Br2O6/c26-11-9-14-18(19-21(28)12-5-1-3-7-16(12)31-24(19)29)20-23(33-22(14)15(27)10-11)13-6-2-4-8-17(13)32-25(20)30/h1-10,18,28H. The first-order valence-corrected chi connectivity index (χ1v) is 11.5. The van der Waals surface area contributed by atoms with E-state index in [1.807, 2.05) is 0 Å². The van der Waals surface area contributed by atoms with Crippen LogP contribution in [0, 0.1) is 0 Å². The first kappa shape index (κ1) is 20.3. The quantitative estimate of drug-likeness (QED) is 0.231. The smallest absolute Gasteiger partial charge is 0.344 e.